The van der Waals surface area contributed by atoms with Crippen molar-refractivity contribution in [1.82, 2.24) is 0 Å². The van der Waals surface area contributed by atoms with Gasteiger partial charge in [0, 0.05) is 18.8 Å². The Morgan fingerprint density at radius 2 is 1.64 bits per heavy atom. The summed E-state index contributed by atoms with van der Waals surface area (Å²) in [6.07, 6.45) is 2.64. The van der Waals surface area contributed by atoms with E-state index in [1.54, 1.807) is 0 Å². The summed E-state index contributed by atoms with van der Waals surface area (Å²) < 4.78 is 22.1. The highest BCUT2D eigenvalue weighted by atomic mass is 31.2. The van der Waals surface area contributed by atoms with Crippen molar-refractivity contribution in [1.29, 1.82) is 0 Å². The third-order valence-corrected chi connectivity index (χ3v) is 6.08. The molecule has 9 heteroatoms. The zero-order valence-electron chi connectivity index (χ0n) is 6.89. The van der Waals surface area contributed by atoms with Crippen molar-refractivity contribution >= 4 is 21.4 Å². The quantitative estimate of drug-likeness (QED) is 0.505. The molecule has 80 valence electrons. The highest BCUT2D eigenvalue weighted by Gasteiger charge is 2.59. The number of aliphatic imine (C=N–C) groups is 1. The fraction of sp³-hybridized carbons (Fsp3) is 0.400. The van der Waals surface area contributed by atoms with Gasteiger partial charge in [-0.2, -0.15) is 0 Å². The average molecular weight is 241 g/mol. The Hall–Kier alpha value is -0.290. The van der Waals surface area contributed by atoms with Crippen molar-refractivity contribution in [2.75, 3.05) is 0 Å². The molecule has 0 saturated carbocycles. The Balaban J connectivity index is 3.32. The lowest BCUT2D eigenvalue weighted by molar-refractivity contribution is 0.327. The van der Waals surface area contributed by atoms with Gasteiger partial charge in [0.15, 0.2) is 0 Å². The zero-order chi connectivity index (χ0) is 11.0. The fourth-order valence-corrected chi connectivity index (χ4v) is 3.54. The van der Waals surface area contributed by atoms with E-state index in [4.69, 9.17) is 19.6 Å². The van der Waals surface area contributed by atoms with Crippen molar-refractivity contribution in [3.8, 4) is 0 Å². The molecule has 0 unspecified atom stereocenters. The second-order valence-corrected chi connectivity index (χ2v) is 6.96. The third-order valence-electron chi connectivity index (χ3n) is 1.90. The molecule has 0 amide bonds. The second-order valence-electron chi connectivity index (χ2n) is 2.83. The molecule has 1 aliphatic heterocycles. The smallest absolute Gasteiger partial charge is 0.323 e. The Bertz CT molecular complexity index is 354. The van der Waals surface area contributed by atoms with Crippen LogP contribution in [-0.2, 0) is 9.13 Å². The predicted octanol–water partition coefficient (Wildman–Crippen LogP) is 0.0263. The first-order valence-electron chi connectivity index (χ1n) is 3.51. The van der Waals surface area contributed by atoms with Crippen molar-refractivity contribution in [2.45, 2.75) is 11.3 Å². The van der Waals surface area contributed by atoms with Gasteiger partial charge in [-0.25, -0.2) is 0 Å². The molecule has 0 saturated heterocycles. The van der Waals surface area contributed by atoms with E-state index in [9.17, 15) is 9.13 Å². The second kappa shape index (κ2) is 3.38. The molecule has 1 rings (SSSR count). The van der Waals surface area contributed by atoms with Crippen molar-refractivity contribution in [2.24, 2.45) is 4.99 Å². The Kier molecular flexibility index (Phi) is 2.84. The van der Waals surface area contributed by atoms with Crippen LogP contribution < -0.4 is 0 Å². The van der Waals surface area contributed by atoms with Crippen molar-refractivity contribution in [3.63, 3.8) is 0 Å². The average Bonchev–Trinajstić information content (AvgIpc) is 2.02. The maximum Gasteiger partial charge on any atom is 0.349 e. The van der Waals surface area contributed by atoms with Gasteiger partial charge in [0.2, 0.25) is 4.90 Å². The summed E-state index contributed by atoms with van der Waals surface area (Å²) in [4.78, 5) is 36.6. The summed E-state index contributed by atoms with van der Waals surface area (Å²) in [5, 5.41) is 0. The monoisotopic (exact) mass is 241 g/mol. The van der Waals surface area contributed by atoms with Gasteiger partial charge in [-0.3, -0.25) is 14.1 Å². The van der Waals surface area contributed by atoms with E-state index in [-0.39, 0.29) is 0 Å². The van der Waals surface area contributed by atoms with Gasteiger partial charge in [-0.1, -0.05) is 6.08 Å². The molecule has 0 fully saturated rings. The molecule has 0 aromatic heterocycles. The number of hydrogen-bond donors (Lipinski definition) is 4. The van der Waals surface area contributed by atoms with E-state index < -0.39 is 26.5 Å². The molecule has 1 heterocycles. The first-order chi connectivity index (χ1) is 6.21. The Morgan fingerprint density at radius 3 is 1.86 bits per heavy atom. The number of hydrogen-bond acceptors (Lipinski definition) is 3. The first kappa shape index (κ1) is 11.8. The van der Waals surface area contributed by atoms with Gasteiger partial charge in [-0.15, -0.1) is 0 Å². The number of nitrogens with zero attached hydrogens (tertiary/aromatic N) is 1. The number of rotatable bonds is 2. The van der Waals surface area contributed by atoms with Crippen molar-refractivity contribution < 1.29 is 28.7 Å². The molecule has 4 N–H and O–H groups in total. The Morgan fingerprint density at radius 1 is 1.14 bits per heavy atom. The summed E-state index contributed by atoms with van der Waals surface area (Å²) in [5.41, 5.74) is 0. The van der Waals surface area contributed by atoms with E-state index in [0.29, 0.717) is 6.21 Å². The van der Waals surface area contributed by atoms with Gasteiger partial charge in [-0.05, 0) is 0 Å². The molecule has 0 spiro atoms. The van der Waals surface area contributed by atoms with E-state index in [2.05, 4.69) is 4.99 Å². The zero-order valence-corrected chi connectivity index (χ0v) is 8.68. The maximum atomic E-state index is 11.0. The van der Waals surface area contributed by atoms with Gasteiger partial charge in [0.25, 0.3) is 0 Å². The molecule has 0 atom stereocenters. The van der Waals surface area contributed by atoms with Gasteiger partial charge < -0.3 is 19.6 Å². The maximum absolute atomic E-state index is 11.0. The highest BCUT2D eigenvalue weighted by Crippen LogP contribution is 2.70. The molecule has 0 radical (unpaired) electrons. The normalized spacial score (nSPS) is 21.1. The molecular weight excluding hydrogens is 232 g/mol. The summed E-state index contributed by atoms with van der Waals surface area (Å²) in [6.45, 7) is 0. The molecule has 1 aliphatic rings. The summed E-state index contributed by atoms with van der Waals surface area (Å²) in [7, 11) is -9.91. The van der Waals surface area contributed by atoms with Gasteiger partial charge in [0.05, 0.1) is 0 Å². The van der Waals surface area contributed by atoms with Crippen LogP contribution in [-0.4, -0.2) is 30.7 Å². The number of allylic oxidation sites excluding steroid dienone is 1. The van der Waals surface area contributed by atoms with Crippen molar-refractivity contribution in [3.05, 3.63) is 12.3 Å². The van der Waals surface area contributed by atoms with E-state index in [1.165, 1.54) is 12.3 Å². The van der Waals surface area contributed by atoms with Crippen LogP contribution in [0.15, 0.2) is 17.3 Å². The molecule has 0 bridgehead atoms. The first-order valence-corrected chi connectivity index (χ1v) is 6.74. The summed E-state index contributed by atoms with van der Waals surface area (Å²) >= 11 is 0. The Labute approximate surface area is 79.5 Å². The van der Waals surface area contributed by atoms with Gasteiger partial charge in [0.1, 0.15) is 0 Å². The van der Waals surface area contributed by atoms with Crippen LogP contribution in [0.5, 0.6) is 0 Å². The fourth-order valence-electron chi connectivity index (χ4n) is 1.06. The minimum absolute atomic E-state index is 0.426. The lowest BCUT2D eigenvalue weighted by Gasteiger charge is -2.30. The lowest BCUT2D eigenvalue weighted by atomic mass is 10.3. The van der Waals surface area contributed by atoms with Crippen LogP contribution >= 0.6 is 15.2 Å². The molecule has 0 aromatic carbocycles. The minimum Gasteiger partial charge on any atom is -0.323 e. The van der Waals surface area contributed by atoms with Crippen LogP contribution in [0, 0.1) is 0 Å². The minimum atomic E-state index is -4.96. The third kappa shape index (κ3) is 1.75. The highest BCUT2D eigenvalue weighted by molar-refractivity contribution is 7.74. The summed E-state index contributed by atoms with van der Waals surface area (Å²) in [6, 6.07) is 0. The predicted molar refractivity (Wildman–Crippen MR) is 49.1 cm³/mol. The van der Waals surface area contributed by atoms with E-state index in [0.717, 1.165) is 0 Å². The van der Waals surface area contributed by atoms with E-state index in [1.807, 2.05) is 0 Å². The van der Waals surface area contributed by atoms with Crippen LogP contribution in [0.2, 0.25) is 0 Å². The largest absolute Gasteiger partial charge is 0.349 e. The topological polar surface area (TPSA) is 127 Å². The van der Waals surface area contributed by atoms with Crippen LogP contribution in [0.3, 0.4) is 0 Å². The van der Waals surface area contributed by atoms with Crippen LogP contribution in [0.4, 0.5) is 0 Å². The van der Waals surface area contributed by atoms with Crippen LogP contribution in [0.1, 0.15) is 6.42 Å². The SMILES string of the molecule is O=P(O)(O)C1(P(=O)(O)O)C=NC=CC1. The van der Waals surface area contributed by atoms with Gasteiger partial charge >= 0.3 is 15.2 Å². The summed E-state index contributed by atoms with van der Waals surface area (Å²) in [5.74, 6) is 0. The molecular formula is C5H9NO6P2. The molecule has 0 aromatic rings. The van der Waals surface area contributed by atoms with E-state index >= 15 is 0 Å². The molecule has 7 nitrogen and oxygen atoms in total. The standard InChI is InChI=1S/C5H9NO6P2/c7-13(8,9)5(14(10,11)12)2-1-3-6-4-5/h1,3-4H,2H2,(H2,7,8,9)(H2,10,11,12). The lowest BCUT2D eigenvalue weighted by Crippen LogP contribution is -2.31. The molecule has 0 aliphatic carbocycles. The molecule has 14 heavy (non-hydrogen) atoms. The van der Waals surface area contributed by atoms with Crippen LogP contribution in [0.25, 0.3) is 0 Å².